The van der Waals surface area contributed by atoms with Gasteiger partial charge in [0.25, 0.3) is 0 Å². The largest absolute Gasteiger partial charge is 0.326 e. The van der Waals surface area contributed by atoms with Crippen molar-refractivity contribution in [2.75, 3.05) is 18.4 Å². The van der Waals surface area contributed by atoms with E-state index in [-0.39, 0.29) is 21.7 Å². The quantitative estimate of drug-likeness (QED) is 0.810. The monoisotopic (exact) mass is 368 g/mol. The first-order chi connectivity index (χ1) is 11.5. The second-order valence-electron chi connectivity index (χ2n) is 6.27. The molecule has 130 valence electrons. The normalized spacial score (nSPS) is 21.3. The van der Waals surface area contributed by atoms with Crippen molar-refractivity contribution in [1.82, 2.24) is 4.31 Å². The van der Waals surface area contributed by atoms with Crippen LogP contribution in [0.25, 0.3) is 0 Å². The number of nitrogens with one attached hydrogen (secondary N) is 1. The number of carbonyl (C=O) groups excluding carboxylic acids is 1. The van der Waals surface area contributed by atoms with Crippen molar-refractivity contribution in [3.8, 4) is 0 Å². The molecule has 1 aliphatic heterocycles. The van der Waals surface area contributed by atoms with Crippen LogP contribution in [-0.2, 0) is 14.8 Å². The summed E-state index contributed by atoms with van der Waals surface area (Å²) in [6, 6.07) is 4.61. The minimum absolute atomic E-state index is 0.0598. The number of nitrogens with zero attached hydrogens (tertiary/aromatic N) is 1. The first-order valence-corrected chi connectivity index (χ1v) is 10.0. The van der Waals surface area contributed by atoms with E-state index >= 15 is 0 Å². The highest BCUT2D eigenvalue weighted by molar-refractivity contribution is 7.89. The summed E-state index contributed by atoms with van der Waals surface area (Å²) in [4.78, 5) is 12.2. The number of halogens is 1. The summed E-state index contributed by atoms with van der Waals surface area (Å²) in [5.41, 5.74) is 0.462. The molecule has 1 heterocycles. The molecule has 1 atom stereocenters. The highest BCUT2D eigenvalue weighted by Crippen LogP contribution is 2.30. The molecule has 0 saturated carbocycles. The van der Waals surface area contributed by atoms with Gasteiger partial charge in [0.1, 0.15) is 4.90 Å². The predicted molar refractivity (Wildman–Crippen MR) is 94.6 cm³/mol. The molecule has 2 aliphatic rings. The van der Waals surface area contributed by atoms with Gasteiger partial charge in [0, 0.05) is 25.2 Å². The van der Waals surface area contributed by atoms with Crippen LogP contribution < -0.4 is 5.32 Å². The Morgan fingerprint density at radius 3 is 2.71 bits per heavy atom. The number of anilines is 1. The molecule has 1 N–H and O–H groups in total. The van der Waals surface area contributed by atoms with E-state index in [9.17, 15) is 13.2 Å². The van der Waals surface area contributed by atoms with Crippen LogP contribution in [0.4, 0.5) is 5.69 Å². The third-order valence-electron chi connectivity index (χ3n) is 4.46. The van der Waals surface area contributed by atoms with Gasteiger partial charge in [0.15, 0.2) is 0 Å². The number of hydrogen-bond acceptors (Lipinski definition) is 3. The van der Waals surface area contributed by atoms with Crippen molar-refractivity contribution in [2.24, 2.45) is 5.92 Å². The van der Waals surface area contributed by atoms with Crippen molar-refractivity contribution in [3.63, 3.8) is 0 Å². The molecule has 0 aromatic heterocycles. The zero-order chi connectivity index (χ0) is 17.2. The Bertz CT molecular complexity index is 755. The van der Waals surface area contributed by atoms with Crippen LogP contribution in [0.15, 0.2) is 35.2 Å². The number of amides is 1. The fourth-order valence-corrected chi connectivity index (χ4v) is 5.18. The molecule has 0 unspecified atom stereocenters. The lowest BCUT2D eigenvalue weighted by molar-refractivity contribution is -0.116. The lowest BCUT2D eigenvalue weighted by Gasteiger charge is -2.17. The molecule has 5 nitrogen and oxygen atoms in total. The molecular formula is C17H21ClN2O3S. The Hall–Kier alpha value is -1.37. The molecule has 3 rings (SSSR count). The third kappa shape index (κ3) is 3.82. The maximum absolute atomic E-state index is 12.7. The predicted octanol–water partition coefficient (Wildman–Crippen LogP) is 3.42. The Kier molecular flexibility index (Phi) is 5.27. The zero-order valence-electron chi connectivity index (χ0n) is 13.4. The summed E-state index contributed by atoms with van der Waals surface area (Å²) in [5.74, 6) is 0.156. The van der Waals surface area contributed by atoms with E-state index in [2.05, 4.69) is 17.5 Å². The van der Waals surface area contributed by atoms with E-state index in [1.54, 1.807) is 6.07 Å². The first kappa shape index (κ1) is 17.5. The summed E-state index contributed by atoms with van der Waals surface area (Å²) in [7, 11) is -3.61. The van der Waals surface area contributed by atoms with E-state index in [4.69, 9.17) is 11.6 Å². The average molecular weight is 369 g/mol. The van der Waals surface area contributed by atoms with Crippen molar-refractivity contribution < 1.29 is 13.2 Å². The molecule has 0 spiro atoms. The average Bonchev–Trinajstić information content (AvgIpc) is 3.22. The van der Waals surface area contributed by atoms with Crippen LogP contribution in [-0.4, -0.2) is 31.7 Å². The van der Waals surface area contributed by atoms with Gasteiger partial charge in [0.2, 0.25) is 15.9 Å². The molecular weight excluding hydrogens is 348 g/mol. The molecule has 1 aliphatic carbocycles. The zero-order valence-corrected chi connectivity index (χ0v) is 14.9. The Labute approximate surface area is 147 Å². The van der Waals surface area contributed by atoms with Crippen molar-refractivity contribution in [3.05, 3.63) is 35.4 Å². The second-order valence-corrected chi connectivity index (χ2v) is 8.59. The van der Waals surface area contributed by atoms with Crippen LogP contribution in [0.2, 0.25) is 5.02 Å². The molecule has 1 aromatic rings. The van der Waals surface area contributed by atoms with Crippen molar-refractivity contribution >= 4 is 33.2 Å². The van der Waals surface area contributed by atoms with Crippen LogP contribution >= 0.6 is 11.6 Å². The Morgan fingerprint density at radius 1 is 1.29 bits per heavy atom. The van der Waals surface area contributed by atoms with Crippen molar-refractivity contribution in [2.45, 2.75) is 37.0 Å². The van der Waals surface area contributed by atoms with Crippen LogP contribution in [0.5, 0.6) is 0 Å². The first-order valence-electron chi connectivity index (χ1n) is 8.23. The number of carbonyl (C=O) groups is 1. The lowest BCUT2D eigenvalue weighted by Crippen LogP contribution is -2.28. The van der Waals surface area contributed by atoms with Gasteiger partial charge in [-0.05, 0) is 49.8 Å². The number of benzene rings is 1. The third-order valence-corrected chi connectivity index (χ3v) is 6.84. The molecule has 0 bridgehead atoms. The fourth-order valence-electron chi connectivity index (χ4n) is 3.16. The van der Waals surface area contributed by atoms with Gasteiger partial charge in [-0.2, -0.15) is 4.31 Å². The minimum Gasteiger partial charge on any atom is -0.326 e. The van der Waals surface area contributed by atoms with E-state index in [1.807, 2.05) is 0 Å². The second kappa shape index (κ2) is 7.25. The molecule has 24 heavy (non-hydrogen) atoms. The SMILES string of the molecule is O=C(C[C@@H]1C=CCC1)Nc1ccc(Cl)c(S(=O)(=O)N2CCCC2)c1. The molecule has 1 saturated heterocycles. The van der Waals surface area contributed by atoms with Gasteiger partial charge < -0.3 is 5.32 Å². The Balaban J connectivity index is 1.76. The maximum atomic E-state index is 12.7. The summed E-state index contributed by atoms with van der Waals surface area (Å²) in [6.07, 6.45) is 8.28. The van der Waals surface area contributed by atoms with E-state index in [1.165, 1.54) is 16.4 Å². The van der Waals surface area contributed by atoms with Gasteiger partial charge in [-0.25, -0.2) is 8.42 Å². The molecule has 1 aromatic carbocycles. The molecule has 0 radical (unpaired) electrons. The van der Waals surface area contributed by atoms with Crippen LogP contribution in [0.3, 0.4) is 0 Å². The van der Waals surface area contributed by atoms with Gasteiger partial charge in [-0.15, -0.1) is 0 Å². The smallest absolute Gasteiger partial charge is 0.244 e. The van der Waals surface area contributed by atoms with Crippen LogP contribution in [0.1, 0.15) is 32.1 Å². The van der Waals surface area contributed by atoms with E-state index in [0.717, 1.165) is 25.7 Å². The summed E-state index contributed by atoms with van der Waals surface area (Å²) in [5, 5.41) is 2.96. The number of hydrogen-bond donors (Lipinski definition) is 1. The maximum Gasteiger partial charge on any atom is 0.244 e. The van der Waals surface area contributed by atoms with Gasteiger partial charge in [0.05, 0.1) is 5.02 Å². The fraction of sp³-hybridized carbons (Fsp3) is 0.471. The number of rotatable bonds is 5. The Morgan fingerprint density at radius 2 is 2.04 bits per heavy atom. The minimum atomic E-state index is -3.61. The highest BCUT2D eigenvalue weighted by atomic mass is 35.5. The standard InChI is InChI=1S/C17H21ClN2O3S/c18-15-8-7-14(19-17(21)11-13-5-1-2-6-13)12-16(15)24(22,23)20-9-3-4-10-20/h1,5,7-8,12-13H,2-4,6,9-11H2,(H,19,21)/t13-/m1/s1. The number of allylic oxidation sites excluding steroid dienone is 2. The van der Waals surface area contributed by atoms with Crippen LogP contribution in [0, 0.1) is 5.92 Å². The highest BCUT2D eigenvalue weighted by Gasteiger charge is 2.29. The summed E-state index contributed by atoms with van der Waals surface area (Å²) >= 11 is 6.11. The summed E-state index contributed by atoms with van der Waals surface area (Å²) < 4.78 is 26.8. The lowest BCUT2D eigenvalue weighted by atomic mass is 10.1. The van der Waals surface area contributed by atoms with E-state index in [0.29, 0.717) is 25.2 Å². The topological polar surface area (TPSA) is 66.5 Å². The van der Waals surface area contributed by atoms with Crippen molar-refractivity contribution in [1.29, 1.82) is 0 Å². The molecule has 1 fully saturated rings. The van der Waals surface area contributed by atoms with E-state index < -0.39 is 10.0 Å². The molecule has 1 amide bonds. The number of sulfonamides is 1. The van der Waals surface area contributed by atoms with Gasteiger partial charge in [-0.1, -0.05) is 23.8 Å². The summed E-state index contributed by atoms with van der Waals surface area (Å²) in [6.45, 7) is 1.03. The molecule has 7 heteroatoms. The van der Waals surface area contributed by atoms with Gasteiger partial charge >= 0.3 is 0 Å². The van der Waals surface area contributed by atoms with Gasteiger partial charge in [-0.3, -0.25) is 4.79 Å².